The minimum absolute atomic E-state index is 0.116. The monoisotopic (exact) mass is 259 g/mol. The molecule has 3 rings (SSSR count). The van der Waals surface area contributed by atoms with Gasteiger partial charge in [-0.3, -0.25) is 0 Å². The van der Waals surface area contributed by atoms with Crippen molar-refractivity contribution in [3.63, 3.8) is 0 Å². The SMILES string of the molecule is Cc1cc(-n2cnc(C(N)=NO)n2)n2ncnc2n1. The van der Waals surface area contributed by atoms with Gasteiger partial charge in [-0.25, -0.2) is 14.6 Å². The van der Waals surface area contributed by atoms with Crippen LogP contribution in [0.5, 0.6) is 0 Å². The first-order valence-electron chi connectivity index (χ1n) is 5.26. The number of hydrogen-bond acceptors (Lipinski definition) is 7. The average Bonchev–Trinajstić information content (AvgIpc) is 3.05. The van der Waals surface area contributed by atoms with E-state index in [0.717, 1.165) is 5.69 Å². The van der Waals surface area contributed by atoms with Gasteiger partial charge in [-0.2, -0.15) is 14.6 Å². The number of hydrogen-bond donors (Lipinski definition) is 2. The molecule has 0 aliphatic carbocycles. The normalized spacial score (nSPS) is 12.2. The highest BCUT2D eigenvalue weighted by atomic mass is 16.4. The molecule has 0 amide bonds. The van der Waals surface area contributed by atoms with E-state index in [1.54, 1.807) is 6.07 Å². The van der Waals surface area contributed by atoms with E-state index in [1.807, 2.05) is 6.92 Å². The van der Waals surface area contributed by atoms with Crippen LogP contribution < -0.4 is 5.73 Å². The summed E-state index contributed by atoms with van der Waals surface area (Å²) in [5.41, 5.74) is 6.18. The van der Waals surface area contributed by atoms with Crippen LogP contribution in [0.25, 0.3) is 11.6 Å². The van der Waals surface area contributed by atoms with Gasteiger partial charge in [0.1, 0.15) is 12.7 Å². The summed E-state index contributed by atoms with van der Waals surface area (Å²) < 4.78 is 2.96. The minimum atomic E-state index is -0.167. The number of nitrogens with zero attached hydrogens (tertiary/aromatic N) is 8. The molecule has 0 unspecified atom stereocenters. The third kappa shape index (κ3) is 1.74. The predicted octanol–water partition coefficient (Wildman–Crippen LogP) is -0.892. The molecule has 0 atom stereocenters. The summed E-state index contributed by atoms with van der Waals surface area (Å²) in [5.74, 6) is 1.00. The zero-order chi connectivity index (χ0) is 13.4. The molecule has 10 heteroatoms. The molecule has 96 valence electrons. The molecular weight excluding hydrogens is 250 g/mol. The first-order valence-corrected chi connectivity index (χ1v) is 5.26. The van der Waals surface area contributed by atoms with Crippen LogP contribution in [0.2, 0.25) is 0 Å². The van der Waals surface area contributed by atoms with Gasteiger partial charge in [-0.05, 0) is 6.92 Å². The quantitative estimate of drug-likeness (QED) is 0.264. The molecule has 3 heterocycles. The van der Waals surface area contributed by atoms with E-state index < -0.39 is 0 Å². The van der Waals surface area contributed by atoms with Crippen molar-refractivity contribution in [2.75, 3.05) is 0 Å². The largest absolute Gasteiger partial charge is 0.409 e. The molecule has 3 aromatic rings. The number of rotatable bonds is 2. The Morgan fingerprint density at radius 3 is 3.05 bits per heavy atom. The highest BCUT2D eigenvalue weighted by Gasteiger charge is 2.11. The van der Waals surface area contributed by atoms with Gasteiger partial charge < -0.3 is 10.9 Å². The number of aryl methyl sites for hydroxylation is 1. The van der Waals surface area contributed by atoms with Crippen molar-refractivity contribution in [2.24, 2.45) is 10.9 Å². The van der Waals surface area contributed by atoms with Crippen LogP contribution in [0.15, 0.2) is 23.9 Å². The van der Waals surface area contributed by atoms with E-state index in [2.05, 4.69) is 30.3 Å². The van der Waals surface area contributed by atoms with E-state index >= 15 is 0 Å². The Balaban J connectivity index is 2.19. The van der Waals surface area contributed by atoms with Gasteiger partial charge in [0, 0.05) is 11.8 Å². The molecule has 0 radical (unpaired) electrons. The molecule has 19 heavy (non-hydrogen) atoms. The summed E-state index contributed by atoms with van der Waals surface area (Å²) in [4.78, 5) is 12.2. The molecule has 0 aliphatic heterocycles. The van der Waals surface area contributed by atoms with Crippen molar-refractivity contribution in [1.82, 2.24) is 34.3 Å². The topological polar surface area (TPSA) is 132 Å². The van der Waals surface area contributed by atoms with Gasteiger partial charge in [-0.15, -0.1) is 5.10 Å². The molecule has 0 spiro atoms. The van der Waals surface area contributed by atoms with Crippen LogP contribution >= 0.6 is 0 Å². The van der Waals surface area contributed by atoms with E-state index in [-0.39, 0.29) is 11.7 Å². The summed E-state index contributed by atoms with van der Waals surface area (Å²) in [7, 11) is 0. The molecule has 3 aromatic heterocycles. The number of oxime groups is 1. The van der Waals surface area contributed by atoms with Crippen molar-refractivity contribution < 1.29 is 5.21 Å². The van der Waals surface area contributed by atoms with Crippen molar-refractivity contribution in [1.29, 1.82) is 0 Å². The molecule has 3 N–H and O–H groups in total. The van der Waals surface area contributed by atoms with E-state index in [0.29, 0.717) is 11.6 Å². The third-order valence-corrected chi connectivity index (χ3v) is 2.42. The van der Waals surface area contributed by atoms with Crippen LogP contribution in [-0.2, 0) is 0 Å². The zero-order valence-corrected chi connectivity index (χ0v) is 9.83. The second-order valence-electron chi connectivity index (χ2n) is 3.73. The highest BCUT2D eigenvalue weighted by molar-refractivity contribution is 5.93. The van der Waals surface area contributed by atoms with Gasteiger partial charge in [0.15, 0.2) is 5.82 Å². The Labute approximate surface area is 106 Å². The van der Waals surface area contributed by atoms with Gasteiger partial charge >= 0.3 is 0 Å². The number of aromatic nitrogens is 7. The van der Waals surface area contributed by atoms with Crippen LogP contribution in [0.1, 0.15) is 11.5 Å². The molecule has 0 fully saturated rings. The molecule has 0 aromatic carbocycles. The van der Waals surface area contributed by atoms with Crippen molar-refractivity contribution in [2.45, 2.75) is 6.92 Å². The highest BCUT2D eigenvalue weighted by Crippen LogP contribution is 2.09. The van der Waals surface area contributed by atoms with Crippen molar-refractivity contribution in [3.8, 4) is 5.82 Å². The second kappa shape index (κ2) is 4.01. The van der Waals surface area contributed by atoms with E-state index in [9.17, 15) is 0 Å². The Kier molecular flexibility index (Phi) is 2.34. The molecule has 0 aliphatic rings. The Morgan fingerprint density at radius 1 is 1.42 bits per heavy atom. The van der Waals surface area contributed by atoms with Gasteiger partial charge in [0.25, 0.3) is 5.78 Å². The summed E-state index contributed by atoms with van der Waals surface area (Å²) in [6.45, 7) is 1.83. The lowest BCUT2D eigenvalue weighted by Crippen LogP contribution is -2.16. The fourth-order valence-corrected chi connectivity index (χ4v) is 1.61. The summed E-state index contributed by atoms with van der Waals surface area (Å²) >= 11 is 0. The molecule has 0 saturated heterocycles. The van der Waals surface area contributed by atoms with E-state index in [4.69, 9.17) is 10.9 Å². The van der Waals surface area contributed by atoms with Crippen molar-refractivity contribution in [3.05, 3.63) is 30.2 Å². The van der Waals surface area contributed by atoms with E-state index in [1.165, 1.54) is 21.9 Å². The standard InChI is InChI=1S/C9H9N9O/c1-5-2-6(18-9(14-5)11-3-13-18)17-4-12-8(15-17)7(10)16-19/h2-4,19H,1H3,(H2,10,16). The smallest absolute Gasteiger partial charge is 0.254 e. The lowest BCUT2D eigenvalue weighted by molar-refractivity contribution is 0.318. The maximum Gasteiger partial charge on any atom is 0.254 e. The average molecular weight is 259 g/mol. The zero-order valence-electron chi connectivity index (χ0n) is 9.83. The van der Waals surface area contributed by atoms with Crippen LogP contribution in [-0.4, -0.2) is 45.4 Å². The van der Waals surface area contributed by atoms with Crippen LogP contribution in [0, 0.1) is 6.92 Å². The Morgan fingerprint density at radius 2 is 2.26 bits per heavy atom. The molecule has 10 nitrogen and oxygen atoms in total. The maximum absolute atomic E-state index is 8.59. The van der Waals surface area contributed by atoms with Crippen LogP contribution in [0.3, 0.4) is 0 Å². The lowest BCUT2D eigenvalue weighted by Gasteiger charge is -2.03. The molecule has 0 bridgehead atoms. The molecular formula is C9H9N9O. The summed E-state index contributed by atoms with van der Waals surface area (Å²) in [5, 5.41) is 19.6. The summed E-state index contributed by atoms with van der Waals surface area (Å²) in [6, 6.07) is 1.77. The van der Waals surface area contributed by atoms with Gasteiger partial charge in [0.2, 0.25) is 11.7 Å². The number of nitrogens with two attached hydrogens (primary N) is 1. The third-order valence-electron chi connectivity index (χ3n) is 2.42. The number of amidine groups is 1. The van der Waals surface area contributed by atoms with Gasteiger partial charge in [0.05, 0.1) is 0 Å². The minimum Gasteiger partial charge on any atom is -0.409 e. The predicted molar refractivity (Wildman–Crippen MR) is 62.9 cm³/mol. The second-order valence-corrected chi connectivity index (χ2v) is 3.73. The number of fused-ring (bicyclic) bond motifs is 1. The lowest BCUT2D eigenvalue weighted by atomic mass is 10.4. The molecule has 0 saturated carbocycles. The first-order chi connectivity index (χ1) is 9.19. The maximum atomic E-state index is 8.59. The fourth-order valence-electron chi connectivity index (χ4n) is 1.61. The Hall–Kier alpha value is -3.04. The van der Waals surface area contributed by atoms with Crippen molar-refractivity contribution >= 4 is 11.6 Å². The summed E-state index contributed by atoms with van der Waals surface area (Å²) in [6.07, 6.45) is 2.83. The van der Waals surface area contributed by atoms with Gasteiger partial charge in [-0.1, -0.05) is 5.16 Å². The Bertz CT molecular complexity index is 771. The van der Waals surface area contributed by atoms with Crippen LogP contribution in [0.4, 0.5) is 0 Å². The first kappa shape index (κ1) is 11.1. The fraction of sp³-hybridized carbons (Fsp3) is 0.111.